The number of aromatic nitrogens is 1. The molecule has 1 aromatic heterocycles. The average molecular weight is 283 g/mol. The number of rotatable bonds is 3. The Balaban J connectivity index is 1.96. The predicted molar refractivity (Wildman–Crippen MR) is 83.1 cm³/mol. The van der Waals surface area contributed by atoms with Crippen LogP contribution in [0.2, 0.25) is 0 Å². The van der Waals surface area contributed by atoms with Gasteiger partial charge in [0.1, 0.15) is 5.82 Å². The summed E-state index contributed by atoms with van der Waals surface area (Å²) in [6, 6.07) is 4.10. The highest BCUT2D eigenvalue weighted by Crippen LogP contribution is 2.37. The van der Waals surface area contributed by atoms with Gasteiger partial charge in [-0.3, -0.25) is 0 Å². The molecule has 3 nitrogen and oxygen atoms in total. The van der Waals surface area contributed by atoms with Crippen LogP contribution in [-0.2, 0) is 6.42 Å². The van der Waals surface area contributed by atoms with Crippen LogP contribution in [0.25, 0.3) is 0 Å². The van der Waals surface area contributed by atoms with Crippen molar-refractivity contribution in [2.75, 3.05) is 11.5 Å². The zero-order chi connectivity index (χ0) is 13.1. The number of nitrogens with two attached hydrogens (primary N) is 2. The second-order valence-electron chi connectivity index (χ2n) is 4.83. The molecule has 100 valence electrons. The van der Waals surface area contributed by atoms with E-state index in [2.05, 4.69) is 18.8 Å². The summed E-state index contributed by atoms with van der Waals surface area (Å²) < 4.78 is 0. The van der Waals surface area contributed by atoms with E-state index < -0.39 is 0 Å². The Morgan fingerprint density at radius 1 is 1.44 bits per heavy atom. The third kappa shape index (κ3) is 3.33. The topological polar surface area (TPSA) is 64.9 Å². The second kappa shape index (κ2) is 6.17. The summed E-state index contributed by atoms with van der Waals surface area (Å²) in [4.78, 5) is 4.11. The van der Waals surface area contributed by atoms with E-state index in [9.17, 15) is 0 Å². The Morgan fingerprint density at radius 2 is 2.22 bits per heavy atom. The molecule has 18 heavy (non-hydrogen) atoms. The van der Waals surface area contributed by atoms with Crippen molar-refractivity contribution in [3.63, 3.8) is 0 Å². The summed E-state index contributed by atoms with van der Waals surface area (Å²) in [7, 11) is 0. The minimum absolute atomic E-state index is 0.156. The fraction of sp³-hybridized carbons (Fsp3) is 0.615. The molecule has 4 unspecified atom stereocenters. The van der Waals surface area contributed by atoms with Crippen molar-refractivity contribution >= 4 is 29.3 Å². The van der Waals surface area contributed by atoms with Crippen molar-refractivity contribution in [1.29, 1.82) is 0 Å². The average Bonchev–Trinajstić information content (AvgIpc) is 2.35. The zero-order valence-electron chi connectivity index (χ0n) is 10.9. The van der Waals surface area contributed by atoms with Gasteiger partial charge in [0.2, 0.25) is 0 Å². The van der Waals surface area contributed by atoms with Crippen LogP contribution in [0.3, 0.4) is 0 Å². The highest BCUT2D eigenvalue weighted by atomic mass is 32.2. The number of hydrogen-bond donors (Lipinski definition) is 2. The molecule has 1 fully saturated rings. The Bertz CT molecular complexity index is 400. The molecule has 4 atom stereocenters. The maximum absolute atomic E-state index is 6.34. The number of nitrogen functional groups attached to an aromatic ring is 1. The van der Waals surface area contributed by atoms with Crippen LogP contribution in [-0.4, -0.2) is 32.5 Å². The van der Waals surface area contributed by atoms with Gasteiger partial charge in [-0.15, -0.1) is 0 Å². The molecule has 2 rings (SSSR count). The highest BCUT2D eigenvalue weighted by Gasteiger charge is 2.29. The summed E-state index contributed by atoms with van der Waals surface area (Å²) in [6.45, 7) is 4.59. The van der Waals surface area contributed by atoms with Gasteiger partial charge in [-0.25, -0.2) is 4.98 Å². The smallest absolute Gasteiger partial charge is 0.126 e. The first-order chi connectivity index (χ1) is 8.58. The highest BCUT2D eigenvalue weighted by molar-refractivity contribution is 8.07. The number of hydrogen-bond acceptors (Lipinski definition) is 5. The standard InChI is InChI=1S/C13H21N3S2/c1-8-9(2)18-12(7-17-8)11(14)6-10-4-3-5-16-13(10)15/h3-5,8-9,11-12H,6-7,14H2,1-2H3,(H2,15,16). The van der Waals surface area contributed by atoms with Crippen molar-refractivity contribution in [1.82, 2.24) is 4.98 Å². The van der Waals surface area contributed by atoms with E-state index in [1.807, 2.05) is 35.7 Å². The fourth-order valence-corrected chi connectivity index (χ4v) is 5.10. The number of anilines is 1. The van der Waals surface area contributed by atoms with E-state index in [-0.39, 0.29) is 6.04 Å². The molecular weight excluding hydrogens is 262 g/mol. The molecule has 0 aliphatic carbocycles. The molecule has 0 spiro atoms. The van der Waals surface area contributed by atoms with Gasteiger partial charge in [0.05, 0.1) is 0 Å². The van der Waals surface area contributed by atoms with Gasteiger partial charge < -0.3 is 11.5 Å². The molecule has 0 bridgehead atoms. The van der Waals surface area contributed by atoms with Crippen molar-refractivity contribution in [2.24, 2.45) is 5.73 Å². The second-order valence-corrected chi connectivity index (χ2v) is 7.87. The van der Waals surface area contributed by atoms with Crippen LogP contribution in [0.4, 0.5) is 5.82 Å². The lowest BCUT2D eigenvalue weighted by Gasteiger charge is -2.34. The van der Waals surface area contributed by atoms with Gasteiger partial charge in [-0.05, 0) is 18.1 Å². The van der Waals surface area contributed by atoms with E-state index in [4.69, 9.17) is 11.5 Å². The summed E-state index contributed by atoms with van der Waals surface area (Å²) >= 11 is 4.05. The molecule has 0 radical (unpaired) electrons. The Hall–Kier alpha value is -0.390. The van der Waals surface area contributed by atoms with E-state index >= 15 is 0 Å². The monoisotopic (exact) mass is 283 g/mol. The first-order valence-corrected chi connectivity index (χ1v) is 8.29. The van der Waals surface area contributed by atoms with E-state index in [0.29, 0.717) is 16.3 Å². The van der Waals surface area contributed by atoms with E-state index in [0.717, 1.165) is 23.0 Å². The van der Waals surface area contributed by atoms with Crippen molar-refractivity contribution < 1.29 is 0 Å². The zero-order valence-corrected chi connectivity index (χ0v) is 12.5. The molecule has 0 saturated carbocycles. The van der Waals surface area contributed by atoms with Crippen molar-refractivity contribution in [3.8, 4) is 0 Å². The minimum Gasteiger partial charge on any atom is -0.383 e. The lowest BCUT2D eigenvalue weighted by atomic mass is 10.1. The normalized spacial score (nSPS) is 30.1. The van der Waals surface area contributed by atoms with Crippen molar-refractivity contribution in [3.05, 3.63) is 23.9 Å². The summed E-state index contributed by atoms with van der Waals surface area (Å²) in [5.41, 5.74) is 13.3. The first-order valence-electron chi connectivity index (χ1n) is 6.30. The molecular formula is C13H21N3S2. The van der Waals surface area contributed by atoms with E-state index in [1.165, 1.54) is 0 Å². The molecule has 5 heteroatoms. The van der Waals surface area contributed by atoms with Gasteiger partial charge in [-0.2, -0.15) is 23.5 Å². The first kappa shape index (κ1) is 14.0. The van der Waals surface area contributed by atoms with Gasteiger partial charge in [-0.1, -0.05) is 19.9 Å². The lowest BCUT2D eigenvalue weighted by Crippen LogP contribution is -2.41. The maximum Gasteiger partial charge on any atom is 0.126 e. The number of nitrogens with zero attached hydrogens (tertiary/aromatic N) is 1. The van der Waals surface area contributed by atoms with Crippen LogP contribution in [0.5, 0.6) is 0 Å². The van der Waals surface area contributed by atoms with Gasteiger partial charge in [0.25, 0.3) is 0 Å². The third-order valence-electron chi connectivity index (χ3n) is 3.43. The fourth-order valence-electron chi connectivity index (χ4n) is 2.04. The third-order valence-corrected chi connectivity index (χ3v) is 7.01. The van der Waals surface area contributed by atoms with Crippen LogP contribution in [0.1, 0.15) is 19.4 Å². The predicted octanol–water partition coefficient (Wildman–Crippen LogP) is 2.16. The minimum atomic E-state index is 0.156. The maximum atomic E-state index is 6.34. The SMILES string of the molecule is CC1SCC(C(N)Cc2cccnc2N)SC1C. The Labute approximate surface area is 117 Å². The molecule has 0 aromatic carbocycles. The number of thioether (sulfide) groups is 2. The number of pyridine rings is 1. The largest absolute Gasteiger partial charge is 0.383 e. The quantitative estimate of drug-likeness (QED) is 0.890. The van der Waals surface area contributed by atoms with Gasteiger partial charge in [0.15, 0.2) is 0 Å². The lowest BCUT2D eigenvalue weighted by molar-refractivity contribution is 0.656. The van der Waals surface area contributed by atoms with Crippen LogP contribution in [0.15, 0.2) is 18.3 Å². The molecule has 2 heterocycles. The summed E-state index contributed by atoms with van der Waals surface area (Å²) in [6.07, 6.45) is 2.54. The molecule has 4 N–H and O–H groups in total. The Morgan fingerprint density at radius 3 is 2.89 bits per heavy atom. The van der Waals surface area contributed by atoms with E-state index in [1.54, 1.807) is 6.20 Å². The van der Waals surface area contributed by atoms with Crippen LogP contribution >= 0.6 is 23.5 Å². The molecule has 0 amide bonds. The van der Waals surface area contributed by atoms with Crippen LogP contribution in [0, 0.1) is 0 Å². The molecule has 1 aliphatic heterocycles. The summed E-state index contributed by atoms with van der Waals surface area (Å²) in [5, 5.41) is 1.91. The van der Waals surface area contributed by atoms with Gasteiger partial charge in [0, 0.05) is 33.7 Å². The van der Waals surface area contributed by atoms with Gasteiger partial charge >= 0.3 is 0 Å². The molecule has 1 saturated heterocycles. The van der Waals surface area contributed by atoms with Crippen molar-refractivity contribution in [2.45, 2.75) is 42.1 Å². The summed E-state index contributed by atoms with van der Waals surface area (Å²) in [5.74, 6) is 1.75. The van der Waals surface area contributed by atoms with Crippen LogP contribution < -0.4 is 11.5 Å². The Kier molecular flexibility index (Phi) is 4.81. The molecule has 1 aromatic rings. The molecule has 1 aliphatic rings.